The Balaban J connectivity index is 1.55. The lowest BCUT2D eigenvalue weighted by Crippen LogP contribution is -2.31. The van der Waals surface area contributed by atoms with E-state index >= 15 is 0 Å². The van der Waals surface area contributed by atoms with Crippen molar-refractivity contribution in [1.82, 2.24) is 9.47 Å². The predicted octanol–water partition coefficient (Wildman–Crippen LogP) is 4.75. The molecule has 0 bridgehead atoms. The first-order valence-electron chi connectivity index (χ1n) is 13.1. The van der Waals surface area contributed by atoms with Crippen molar-refractivity contribution in [3.63, 3.8) is 0 Å². The van der Waals surface area contributed by atoms with Crippen molar-refractivity contribution in [3.8, 4) is 17.6 Å². The number of amides is 1. The van der Waals surface area contributed by atoms with Crippen molar-refractivity contribution in [2.45, 2.75) is 36.9 Å². The highest BCUT2D eigenvalue weighted by Crippen LogP contribution is 2.31. The van der Waals surface area contributed by atoms with Crippen LogP contribution in [0.5, 0.6) is 5.75 Å². The second-order valence-electron chi connectivity index (χ2n) is 10.3. The Kier molecular flexibility index (Phi) is 9.19. The van der Waals surface area contributed by atoms with E-state index in [1.807, 2.05) is 7.05 Å². The molecule has 2 aromatic carbocycles. The molecule has 2 N–H and O–H groups in total. The Hall–Kier alpha value is -3.69. The first kappa shape index (κ1) is 30.3. The third-order valence-electron chi connectivity index (χ3n) is 7.05. The number of fused-ring (bicyclic) bond motifs is 1. The van der Waals surface area contributed by atoms with Gasteiger partial charge in [0, 0.05) is 24.1 Å². The quantitative estimate of drug-likeness (QED) is 0.368. The summed E-state index contributed by atoms with van der Waals surface area (Å²) >= 11 is 0. The molecule has 0 aliphatic carbocycles. The summed E-state index contributed by atoms with van der Waals surface area (Å²) in [7, 11) is 0.0252. The number of carbonyl (C=O) groups is 1. The molecule has 3 aromatic rings. The Morgan fingerprint density at radius 3 is 2.51 bits per heavy atom. The molecule has 2 heterocycles. The Morgan fingerprint density at radius 1 is 1.12 bits per heavy atom. The summed E-state index contributed by atoms with van der Waals surface area (Å²) in [6.45, 7) is 0.691. The number of piperidine rings is 1. The number of carbonyl (C=O) groups excluding carboxylic acids is 1. The van der Waals surface area contributed by atoms with Gasteiger partial charge < -0.3 is 24.8 Å². The minimum Gasteiger partial charge on any atom is -0.495 e. The molecular weight excluding hydrogens is 557 g/mol. The van der Waals surface area contributed by atoms with Gasteiger partial charge in [-0.15, -0.1) is 0 Å². The number of hydrogen-bond donors (Lipinski definition) is 2. The average molecular weight is 591 g/mol. The van der Waals surface area contributed by atoms with Gasteiger partial charge in [-0.05, 0) is 75.1 Å². The molecule has 1 saturated heterocycles. The highest BCUT2D eigenvalue weighted by molar-refractivity contribution is 7.90. The maximum Gasteiger partial charge on any atom is 0.406 e. The van der Waals surface area contributed by atoms with Gasteiger partial charge in [-0.25, -0.2) is 8.42 Å². The van der Waals surface area contributed by atoms with Gasteiger partial charge >= 0.3 is 6.18 Å². The van der Waals surface area contributed by atoms with E-state index in [4.69, 9.17) is 4.74 Å². The van der Waals surface area contributed by atoms with Crippen LogP contribution in [0.1, 0.15) is 25.0 Å². The standard InChI is InChI=1S/C29H33F3N4O4S/c1-35-14-11-20(12-15-35)16-28(37)34-24-7-4-8-26-23(24)17-21(36(26)19-29(30,31)32)6-5-13-33-25-10-9-22(41(3,38)39)18-27(25)40-2/h4,7-10,17-18,20,33H,11-16,19H2,1-3H3,(H,34,37). The SMILES string of the molecule is COc1cc(S(C)(=O)=O)ccc1NCC#Cc1cc2c(NC(=O)CC3CCN(C)CC3)cccc2n1CC(F)(F)F. The smallest absolute Gasteiger partial charge is 0.406 e. The topological polar surface area (TPSA) is 92.7 Å². The van der Waals surface area contributed by atoms with Gasteiger partial charge in [-0.1, -0.05) is 12.0 Å². The first-order chi connectivity index (χ1) is 19.3. The molecule has 12 heteroatoms. The molecule has 0 saturated carbocycles. The van der Waals surface area contributed by atoms with Gasteiger partial charge in [-0.2, -0.15) is 13.2 Å². The van der Waals surface area contributed by atoms with Gasteiger partial charge in [-0.3, -0.25) is 4.79 Å². The average Bonchev–Trinajstić information content (AvgIpc) is 3.24. The Labute approximate surface area is 237 Å². The molecule has 4 rings (SSSR count). The molecule has 0 spiro atoms. The van der Waals surface area contributed by atoms with E-state index in [-0.39, 0.29) is 29.0 Å². The van der Waals surface area contributed by atoms with Gasteiger partial charge in [0.25, 0.3) is 0 Å². The predicted molar refractivity (Wildman–Crippen MR) is 153 cm³/mol. The number of halogens is 3. The molecule has 8 nitrogen and oxygen atoms in total. The monoisotopic (exact) mass is 590 g/mol. The summed E-state index contributed by atoms with van der Waals surface area (Å²) in [5.41, 5.74) is 1.39. The fourth-order valence-corrected chi connectivity index (χ4v) is 5.54. The van der Waals surface area contributed by atoms with Crippen LogP contribution in [-0.4, -0.2) is 70.0 Å². The van der Waals surface area contributed by atoms with Gasteiger partial charge in [0.05, 0.1) is 41.1 Å². The molecule has 0 radical (unpaired) electrons. The van der Waals surface area contributed by atoms with Crippen LogP contribution in [0, 0.1) is 17.8 Å². The summed E-state index contributed by atoms with van der Waals surface area (Å²) in [5.74, 6) is 6.06. The van der Waals surface area contributed by atoms with Crippen molar-refractivity contribution in [2.24, 2.45) is 5.92 Å². The van der Waals surface area contributed by atoms with Crippen LogP contribution >= 0.6 is 0 Å². The van der Waals surface area contributed by atoms with Crippen LogP contribution in [-0.2, 0) is 21.2 Å². The van der Waals surface area contributed by atoms with Crippen molar-refractivity contribution >= 4 is 38.0 Å². The third kappa shape index (κ3) is 7.95. The highest BCUT2D eigenvalue weighted by Gasteiger charge is 2.30. The Morgan fingerprint density at radius 2 is 1.85 bits per heavy atom. The molecule has 41 heavy (non-hydrogen) atoms. The van der Waals surface area contributed by atoms with E-state index in [0.717, 1.165) is 36.8 Å². The van der Waals surface area contributed by atoms with E-state index in [2.05, 4.69) is 27.4 Å². The van der Waals surface area contributed by atoms with E-state index in [0.29, 0.717) is 34.4 Å². The van der Waals surface area contributed by atoms with E-state index < -0.39 is 22.6 Å². The van der Waals surface area contributed by atoms with E-state index in [9.17, 15) is 26.4 Å². The largest absolute Gasteiger partial charge is 0.495 e. The number of aromatic nitrogens is 1. The van der Waals surface area contributed by atoms with Crippen LogP contribution in [0.2, 0.25) is 0 Å². The zero-order chi connectivity index (χ0) is 29.8. The molecule has 0 atom stereocenters. The number of benzene rings is 2. The molecule has 0 unspecified atom stereocenters. The van der Waals surface area contributed by atoms with E-state index in [1.165, 1.54) is 25.3 Å². The lowest BCUT2D eigenvalue weighted by atomic mass is 9.93. The second-order valence-corrected chi connectivity index (χ2v) is 12.3. The Bertz CT molecular complexity index is 1580. The maximum absolute atomic E-state index is 13.5. The number of rotatable bonds is 8. The van der Waals surface area contributed by atoms with Crippen LogP contribution in [0.25, 0.3) is 10.9 Å². The summed E-state index contributed by atoms with van der Waals surface area (Å²) in [5, 5.41) is 6.38. The lowest BCUT2D eigenvalue weighted by molar-refractivity contribution is -0.140. The minimum atomic E-state index is -4.48. The van der Waals surface area contributed by atoms with Gasteiger partial charge in [0.15, 0.2) is 9.84 Å². The number of hydrogen-bond acceptors (Lipinski definition) is 6. The number of ether oxygens (including phenoxy) is 1. The summed E-state index contributed by atoms with van der Waals surface area (Å²) in [6, 6.07) is 10.8. The maximum atomic E-state index is 13.5. The number of methoxy groups -OCH3 is 1. The van der Waals surface area contributed by atoms with Crippen molar-refractivity contribution in [2.75, 3.05) is 50.7 Å². The van der Waals surface area contributed by atoms with Gasteiger partial charge in [0.1, 0.15) is 12.3 Å². The van der Waals surface area contributed by atoms with Crippen LogP contribution < -0.4 is 15.4 Å². The molecule has 1 aromatic heterocycles. The number of sulfone groups is 1. The number of alkyl halides is 3. The van der Waals surface area contributed by atoms with Crippen molar-refractivity contribution in [1.29, 1.82) is 0 Å². The number of nitrogens with one attached hydrogen (secondary N) is 2. The molecule has 220 valence electrons. The summed E-state index contributed by atoms with van der Waals surface area (Å²) in [6.07, 6.45) is -1.18. The van der Waals surface area contributed by atoms with Crippen LogP contribution in [0.4, 0.5) is 24.5 Å². The third-order valence-corrected chi connectivity index (χ3v) is 8.16. The van der Waals surface area contributed by atoms with E-state index in [1.54, 1.807) is 24.3 Å². The van der Waals surface area contributed by atoms with Gasteiger partial charge in [0.2, 0.25) is 5.91 Å². The van der Waals surface area contributed by atoms with Crippen LogP contribution in [0.15, 0.2) is 47.4 Å². The number of likely N-dealkylation sites (tertiary alicyclic amines) is 1. The normalized spacial score (nSPS) is 14.9. The number of anilines is 2. The summed E-state index contributed by atoms with van der Waals surface area (Å²) < 4.78 is 70.6. The molecule has 1 aliphatic rings. The fraction of sp³-hybridized carbons (Fsp3) is 0.414. The highest BCUT2D eigenvalue weighted by atomic mass is 32.2. The zero-order valence-corrected chi connectivity index (χ0v) is 24.0. The van der Waals surface area contributed by atoms with Crippen molar-refractivity contribution in [3.05, 3.63) is 48.2 Å². The second kappa shape index (κ2) is 12.4. The number of nitrogens with zero attached hydrogens (tertiary/aromatic N) is 2. The molecule has 1 fully saturated rings. The molecule has 1 amide bonds. The molecule has 1 aliphatic heterocycles. The zero-order valence-electron chi connectivity index (χ0n) is 23.1. The van der Waals surface area contributed by atoms with Crippen molar-refractivity contribution < 1.29 is 31.1 Å². The fourth-order valence-electron chi connectivity index (χ4n) is 4.90. The van der Waals surface area contributed by atoms with Crippen LogP contribution in [0.3, 0.4) is 0 Å². The lowest BCUT2D eigenvalue weighted by Gasteiger charge is -2.28. The minimum absolute atomic E-state index is 0.0578. The first-order valence-corrected chi connectivity index (χ1v) is 15.0. The summed E-state index contributed by atoms with van der Waals surface area (Å²) in [4.78, 5) is 15.1. The molecular formula is C29H33F3N4O4S.